The van der Waals surface area contributed by atoms with Gasteiger partial charge in [0.15, 0.2) is 0 Å². The quantitative estimate of drug-likeness (QED) is 0.589. The van der Waals surface area contributed by atoms with Gasteiger partial charge in [-0.3, -0.25) is 0 Å². The predicted molar refractivity (Wildman–Crippen MR) is 56.8 cm³/mol. The van der Waals surface area contributed by atoms with E-state index in [1.54, 1.807) is 0 Å². The fourth-order valence-electron chi connectivity index (χ4n) is 1.54. The van der Waals surface area contributed by atoms with Gasteiger partial charge in [0.05, 0.1) is 6.10 Å². The van der Waals surface area contributed by atoms with Crippen LogP contribution in [0.15, 0.2) is 24.3 Å². The molecule has 0 aromatic carbocycles. The molecule has 13 heavy (non-hydrogen) atoms. The zero-order valence-corrected chi connectivity index (χ0v) is 8.54. The minimum absolute atomic E-state index is 0.541. The van der Waals surface area contributed by atoms with Crippen molar-refractivity contribution in [2.24, 2.45) is 0 Å². The van der Waals surface area contributed by atoms with Crippen molar-refractivity contribution in [3.05, 3.63) is 24.3 Å². The molecule has 1 unspecified atom stereocenters. The maximum Gasteiger partial charge on any atom is 0.0579 e. The molecule has 1 atom stereocenters. The van der Waals surface area contributed by atoms with E-state index >= 15 is 0 Å². The molecule has 1 rings (SSSR count). The van der Waals surface area contributed by atoms with Crippen LogP contribution in [0.25, 0.3) is 0 Å². The summed E-state index contributed by atoms with van der Waals surface area (Å²) in [6, 6.07) is 0. The van der Waals surface area contributed by atoms with Crippen LogP contribution in [0.3, 0.4) is 0 Å². The first-order valence-corrected chi connectivity index (χ1v) is 5.36. The van der Waals surface area contributed by atoms with Gasteiger partial charge >= 0.3 is 0 Å². The highest BCUT2D eigenvalue weighted by Gasteiger charge is 2.13. The van der Waals surface area contributed by atoms with Crippen molar-refractivity contribution in [1.82, 2.24) is 0 Å². The first-order valence-electron chi connectivity index (χ1n) is 5.36. The minimum atomic E-state index is 0.541. The molecular weight excluding hydrogens is 160 g/mol. The molecule has 1 nitrogen and oxygen atoms in total. The van der Waals surface area contributed by atoms with E-state index < -0.39 is 0 Å². The lowest BCUT2D eigenvalue weighted by Crippen LogP contribution is -2.02. The Hall–Kier alpha value is -0.560. The van der Waals surface area contributed by atoms with Gasteiger partial charge in [0.1, 0.15) is 0 Å². The van der Waals surface area contributed by atoms with E-state index in [0.29, 0.717) is 6.10 Å². The molecule has 0 spiro atoms. The number of hydrogen-bond donors (Lipinski definition) is 0. The van der Waals surface area contributed by atoms with Crippen LogP contribution in [-0.4, -0.2) is 12.7 Å². The Labute approximate surface area is 81.5 Å². The monoisotopic (exact) mass is 180 g/mol. The fourth-order valence-corrected chi connectivity index (χ4v) is 1.54. The normalized spacial score (nSPS) is 23.6. The van der Waals surface area contributed by atoms with Gasteiger partial charge in [0.25, 0.3) is 0 Å². The van der Waals surface area contributed by atoms with Crippen molar-refractivity contribution in [3.8, 4) is 0 Å². The second-order valence-electron chi connectivity index (χ2n) is 3.48. The SMILES string of the molecule is CC/C=C\C=C/CCC1CCCO1. The molecule has 0 amide bonds. The van der Waals surface area contributed by atoms with Gasteiger partial charge < -0.3 is 4.74 Å². The average Bonchev–Trinajstić information content (AvgIpc) is 2.63. The molecule has 1 aliphatic heterocycles. The Morgan fingerprint density at radius 2 is 2.15 bits per heavy atom. The molecule has 0 saturated carbocycles. The Morgan fingerprint density at radius 1 is 1.31 bits per heavy atom. The van der Waals surface area contributed by atoms with Crippen LogP contribution in [0.1, 0.15) is 39.0 Å². The lowest BCUT2D eigenvalue weighted by molar-refractivity contribution is 0.105. The molecule has 1 fully saturated rings. The number of hydrogen-bond acceptors (Lipinski definition) is 1. The first-order chi connectivity index (χ1) is 6.43. The second-order valence-corrected chi connectivity index (χ2v) is 3.48. The van der Waals surface area contributed by atoms with Gasteiger partial charge in [-0.15, -0.1) is 0 Å². The number of allylic oxidation sites excluding steroid dienone is 4. The standard InChI is InChI=1S/C12H20O/c1-2-3-4-5-6-7-9-12-10-8-11-13-12/h3-6,12H,2,7-11H2,1H3/b4-3-,6-5-. The van der Waals surface area contributed by atoms with Crippen molar-refractivity contribution >= 4 is 0 Å². The molecular formula is C12H20O. The third-order valence-corrected chi connectivity index (χ3v) is 2.30. The zero-order valence-electron chi connectivity index (χ0n) is 8.54. The summed E-state index contributed by atoms with van der Waals surface area (Å²) < 4.78 is 5.53. The van der Waals surface area contributed by atoms with E-state index in [4.69, 9.17) is 4.74 Å². The highest BCUT2D eigenvalue weighted by molar-refractivity contribution is 5.01. The Bertz CT molecular complexity index is 164. The summed E-state index contributed by atoms with van der Waals surface area (Å²) in [5.41, 5.74) is 0. The molecule has 74 valence electrons. The lowest BCUT2D eigenvalue weighted by Gasteiger charge is -2.05. The maximum atomic E-state index is 5.53. The summed E-state index contributed by atoms with van der Waals surface area (Å²) in [6.45, 7) is 3.13. The molecule has 0 aliphatic carbocycles. The van der Waals surface area contributed by atoms with Gasteiger partial charge in [-0.05, 0) is 32.1 Å². The van der Waals surface area contributed by atoms with Gasteiger partial charge in [-0.25, -0.2) is 0 Å². The molecule has 1 saturated heterocycles. The van der Waals surface area contributed by atoms with Crippen molar-refractivity contribution in [1.29, 1.82) is 0 Å². The van der Waals surface area contributed by atoms with Gasteiger partial charge in [-0.1, -0.05) is 31.2 Å². The summed E-state index contributed by atoms with van der Waals surface area (Å²) in [5, 5.41) is 0. The zero-order chi connectivity index (χ0) is 9.36. The van der Waals surface area contributed by atoms with Crippen LogP contribution in [0, 0.1) is 0 Å². The van der Waals surface area contributed by atoms with E-state index in [-0.39, 0.29) is 0 Å². The average molecular weight is 180 g/mol. The van der Waals surface area contributed by atoms with Crippen molar-refractivity contribution in [2.75, 3.05) is 6.61 Å². The van der Waals surface area contributed by atoms with Crippen LogP contribution < -0.4 is 0 Å². The smallest absolute Gasteiger partial charge is 0.0579 e. The van der Waals surface area contributed by atoms with Gasteiger partial charge in [0.2, 0.25) is 0 Å². The molecule has 0 N–H and O–H groups in total. The van der Waals surface area contributed by atoms with Gasteiger partial charge in [-0.2, -0.15) is 0 Å². The van der Waals surface area contributed by atoms with E-state index in [9.17, 15) is 0 Å². The molecule has 1 heteroatoms. The van der Waals surface area contributed by atoms with Crippen molar-refractivity contribution < 1.29 is 4.74 Å². The van der Waals surface area contributed by atoms with Crippen molar-refractivity contribution in [2.45, 2.75) is 45.1 Å². The third kappa shape index (κ3) is 4.89. The Kier molecular flexibility index (Phi) is 5.59. The number of ether oxygens (including phenoxy) is 1. The van der Waals surface area contributed by atoms with E-state index in [1.165, 1.54) is 19.3 Å². The third-order valence-electron chi connectivity index (χ3n) is 2.30. The van der Waals surface area contributed by atoms with Crippen LogP contribution in [0.4, 0.5) is 0 Å². The minimum Gasteiger partial charge on any atom is -0.378 e. The molecule has 0 aromatic rings. The molecule has 0 radical (unpaired) electrons. The van der Waals surface area contributed by atoms with Crippen LogP contribution >= 0.6 is 0 Å². The van der Waals surface area contributed by atoms with Crippen LogP contribution in [0.5, 0.6) is 0 Å². The largest absolute Gasteiger partial charge is 0.378 e. The molecule has 0 aromatic heterocycles. The highest BCUT2D eigenvalue weighted by Crippen LogP contribution is 2.16. The summed E-state index contributed by atoms with van der Waals surface area (Å²) in [5.74, 6) is 0. The predicted octanol–water partition coefficient (Wildman–Crippen LogP) is 3.47. The number of rotatable bonds is 5. The fraction of sp³-hybridized carbons (Fsp3) is 0.667. The Balaban J connectivity index is 1.99. The summed E-state index contributed by atoms with van der Waals surface area (Å²) in [6.07, 6.45) is 15.2. The second kappa shape index (κ2) is 6.90. The summed E-state index contributed by atoms with van der Waals surface area (Å²) in [4.78, 5) is 0. The topological polar surface area (TPSA) is 9.23 Å². The maximum absolute atomic E-state index is 5.53. The molecule has 1 heterocycles. The Morgan fingerprint density at radius 3 is 2.85 bits per heavy atom. The first kappa shape index (κ1) is 10.5. The summed E-state index contributed by atoms with van der Waals surface area (Å²) in [7, 11) is 0. The summed E-state index contributed by atoms with van der Waals surface area (Å²) >= 11 is 0. The molecule has 0 bridgehead atoms. The highest BCUT2D eigenvalue weighted by atomic mass is 16.5. The van der Waals surface area contributed by atoms with E-state index in [0.717, 1.165) is 19.4 Å². The van der Waals surface area contributed by atoms with Crippen molar-refractivity contribution in [3.63, 3.8) is 0 Å². The van der Waals surface area contributed by atoms with Crippen LogP contribution in [-0.2, 0) is 4.74 Å². The van der Waals surface area contributed by atoms with Gasteiger partial charge in [0, 0.05) is 6.61 Å². The molecule has 1 aliphatic rings. The van der Waals surface area contributed by atoms with Crippen LogP contribution in [0.2, 0.25) is 0 Å². The lowest BCUT2D eigenvalue weighted by atomic mass is 10.1. The van der Waals surface area contributed by atoms with E-state index in [2.05, 4.69) is 31.2 Å². The van der Waals surface area contributed by atoms with E-state index in [1.807, 2.05) is 0 Å².